The molecule has 1 aromatic carbocycles. The molecule has 6 nitrogen and oxygen atoms in total. The van der Waals surface area contributed by atoms with Gasteiger partial charge < -0.3 is 19.9 Å². The molecular formula is C19H20ClN3O3. The molecular weight excluding hydrogens is 354 g/mol. The Kier molecular flexibility index (Phi) is 4.46. The molecule has 0 fully saturated rings. The van der Waals surface area contributed by atoms with Gasteiger partial charge in [-0.15, -0.1) is 0 Å². The number of rotatable bonds is 4. The van der Waals surface area contributed by atoms with Crippen molar-refractivity contribution in [2.75, 3.05) is 26.9 Å². The highest BCUT2D eigenvalue weighted by Gasteiger charge is 2.49. The first kappa shape index (κ1) is 17.1. The SMILES string of the molecule is COCCC1COc2ccc(-c3cncc(Cl)c3)cc2C12COC(N)=N2. The molecule has 4 rings (SSSR count). The van der Waals surface area contributed by atoms with Crippen molar-refractivity contribution in [3.05, 3.63) is 47.2 Å². The van der Waals surface area contributed by atoms with Crippen molar-refractivity contribution in [3.8, 4) is 16.9 Å². The molecule has 0 saturated carbocycles. The van der Waals surface area contributed by atoms with Gasteiger partial charge in [-0.25, -0.2) is 4.99 Å². The van der Waals surface area contributed by atoms with Gasteiger partial charge in [-0.2, -0.15) is 0 Å². The molecule has 2 aromatic rings. The average Bonchev–Trinajstić information content (AvgIpc) is 3.03. The number of aliphatic imine (C=N–C) groups is 1. The van der Waals surface area contributed by atoms with E-state index in [2.05, 4.69) is 11.1 Å². The molecule has 7 heteroatoms. The highest BCUT2D eigenvalue weighted by Crippen LogP contribution is 2.48. The maximum Gasteiger partial charge on any atom is 0.283 e. The molecule has 2 aliphatic rings. The van der Waals surface area contributed by atoms with Gasteiger partial charge in [-0.1, -0.05) is 17.7 Å². The van der Waals surface area contributed by atoms with Gasteiger partial charge in [0.05, 0.1) is 11.6 Å². The van der Waals surface area contributed by atoms with E-state index in [-0.39, 0.29) is 11.9 Å². The summed E-state index contributed by atoms with van der Waals surface area (Å²) in [6.07, 6.45) is 4.21. The van der Waals surface area contributed by atoms with Gasteiger partial charge in [0, 0.05) is 43.2 Å². The van der Waals surface area contributed by atoms with Gasteiger partial charge in [0.25, 0.3) is 6.02 Å². The molecule has 0 saturated heterocycles. The zero-order valence-corrected chi connectivity index (χ0v) is 15.2. The molecule has 0 bridgehead atoms. The van der Waals surface area contributed by atoms with Crippen LogP contribution in [0.15, 0.2) is 41.7 Å². The van der Waals surface area contributed by atoms with Crippen LogP contribution in [0, 0.1) is 5.92 Å². The number of hydrogen-bond acceptors (Lipinski definition) is 6. The van der Waals surface area contributed by atoms with Crippen LogP contribution in [0.1, 0.15) is 12.0 Å². The number of methoxy groups -OCH3 is 1. The average molecular weight is 374 g/mol. The molecule has 2 unspecified atom stereocenters. The van der Waals surface area contributed by atoms with E-state index < -0.39 is 5.54 Å². The van der Waals surface area contributed by atoms with Crippen LogP contribution >= 0.6 is 11.6 Å². The van der Waals surface area contributed by atoms with E-state index in [0.717, 1.165) is 28.9 Å². The topological polar surface area (TPSA) is 79.0 Å². The number of ether oxygens (including phenoxy) is 3. The Balaban J connectivity index is 1.81. The first-order chi connectivity index (χ1) is 12.6. The fraction of sp³-hybridized carbons (Fsp3) is 0.368. The van der Waals surface area contributed by atoms with Crippen LogP contribution < -0.4 is 10.5 Å². The Morgan fingerprint density at radius 1 is 1.27 bits per heavy atom. The number of pyridine rings is 1. The second-order valence-electron chi connectivity index (χ2n) is 6.56. The number of aromatic nitrogens is 1. The summed E-state index contributed by atoms with van der Waals surface area (Å²) in [6, 6.07) is 8.14. The van der Waals surface area contributed by atoms with Crippen molar-refractivity contribution >= 4 is 17.6 Å². The number of amidine groups is 1. The Bertz CT molecular complexity index is 858. The summed E-state index contributed by atoms with van der Waals surface area (Å²) in [5, 5.41) is 0.593. The lowest BCUT2D eigenvalue weighted by Crippen LogP contribution is -2.43. The van der Waals surface area contributed by atoms with Gasteiger partial charge >= 0.3 is 0 Å². The lowest BCUT2D eigenvalue weighted by atomic mass is 9.75. The van der Waals surface area contributed by atoms with Crippen LogP contribution in [-0.4, -0.2) is 37.9 Å². The Morgan fingerprint density at radius 3 is 2.88 bits per heavy atom. The summed E-state index contributed by atoms with van der Waals surface area (Å²) in [6.45, 7) is 1.58. The van der Waals surface area contributed by atoms with Crippen LogP contribution in [0.25, 0.3) is 11.1 Å². The van der Waals surface area contributed by atoms with Gasteiger partial charge in [0.1, 0.15) is 17.9 Å². The highest BCUT2D eigenvalue weighted by atomic mass is 35.5. The van der Waals surface area contributed by atoms with E-state index >= 15 is 0 Å². The zero-order chi connectivity index (χ0) is 18.1. The molecule has 2 N–H and O–H groups in total. The smallest absolute Gasteiger partial charge is 0.283 e. The summed E-state index contributed by atoms with van der Waals surface area (Å²) in [5.41, 5.74) is 8.23. The van der Waals surface area contributed by atoms with Crippen LogP contribution in [0.2, 0.25) is 5.02 Å². The maximum absolute atomic E-state index is 6.10. The monoisotopic (exact) mass is 373 g/mol. The second kappa shape index (κ2) is 6.78. The summed E-state index contributed by atoms with van der Waals surface area (Å²) < 4.78 is 16.9. The van der Waals surface area contributed by atoms with Crippen molar-refractivity contribution < 1.29 is 14.2 Å². The van der Waals surface area contributed by atoms with E-state index in [4.69, 9.17) is 36.5 Å². The van der Waals surface area contributed by atoms with Crippen LogP contribution in [-0.2, 0) is 15.0 Å². The van der Waals surface area contributed by atoms with Crippen molar-refractivity contribution in [2.24, 2.45) is 16.6 Å². The standard InChI is InChI=1S/C19H20ClN3O3/c1-24-5-4-14-10-25-17-3-2-12(13-6-15(20)9-22-8-13)7-16(17)19(14)11-26-18(21)23-19/h2-3,6-9,14H,4-5,10-11H2,1H3,(H2,21,23). The third-order valence-electron chi connectivity index (χ3n) is 5.02. The number of fused-ring (bicyclic) bond motifs is 2. The van der Waals surface area contributed by atoms with Gasteiger partial charge in [0.2, 0.25) is 0 Å². The van der Waals surface area contributed by atoms with Crippen molar-refractivity contribution in [1.82, 2.24) is 4.98 Å². The molecule has 1 spiro atoms. The zero-order valence-electron chi connectivity index (χ0n) is 14.4. The maximum atomic E-state index is 6.10. The van der Waals surface area contributed by atoms with Crippen LogP contribution in [0.4, 0.5) is 0 Å². The molecule has 3 heterocycles. The van der Waals surface area contributed by atoms with Crippen molar-refractivity contribution in [1.29, 1.82) is 0 Å². The molecule has 1 aromatic heterocycles. The third kappa shape index (κ3) is 2.89. The van der Waals surface area contributed by atoms with Crippen LogP contribution in [0.3, 0.4) is 0 Å². The molecule has 2 atom stereocenters. The number of nitrogens with two attached hydrogens (primary N) is 1. The number of halogens is 1. The quantitative estimate of drug-likeness (QED) is 0.891. The van der Waals surface area contributed by atoms with E-state index in [1.54, 1.807) is 19.5 Å². The molecule has 136 valence electrons. The molecule has 26 heavy (non-hydrogen) atoms. The molecule has 2 aliphatic heterocycles. The predicted octanol–water partition coefficient (Wildman–Crippen LogP) is 2.99. The van der Waals surface area contributed by atoms with Gasteiger partial charge in [-0.3, -0.25) is 4.98 Å². The third-order valence-corrected chi connectivity index (χ3v) is 5.23. The fourth-order valence-electron chi connectivity index (χ4n) is 3.67. The summed E-state index contributed by atoms with van der Waals surface area (Å²) >= 11 is 6.10. The van der Waals surface area contributed by atoms with Crippen molar-refractivity contribution in [3.63, 3.8) is 0 Å². The lowest BCUT2D eigenvalue weighted by molar-refractivity contribution is 0.0739. The van der Waals surface area contributed by atoms with Gasteiger partial charge in [0.15, 0.2) is 0 Å². The van der Waals surface area contributed by atoms with E-state index in [1.165, 1.54) is 0 Å². The fourth-order valence-corrected chi connectivity index (χ4v) is 3.84. The largest absolute Gasteiger partial charge is 0.493 e. The Labute approximate surface area is 156 Å². The minimum atomic E-state index is -0.557. The number of hydrogen-bond donors (Lipinski definition) is 1. The summed E-state index contributed by atoms with van der Waals surface area (Å²) in [5.74, 6) is 0.920. The Hall–Kier alpha value is -2.31. The molecule has 0 radical (unpaired) electrons. The van der Waals surface area contributed by atoms with E-state index in [0.29, 0.717) is 24.8 Å². The normalized spacial score (nSPS) is 23.9. The minimum absolute atomic E-state index is 0.115. The van der Waals surface area contributed by atoms with E-state index in [9.17, 15) is 0 Å². The Morgan fingerprint density at radius 2 is 2.15 bits per heavy atom. The first-order valence-corrected chi connectivity index (χ1v) is 8.85. The lowest BCUT2D eigenvalue weighted by Gasteiger charge is -2.39. The van der Waals surface area contributed by atoms with E-state index in [1.807, 2.05) is 18.2 Å². The summed E-state index contributed by atoms with van der Waals surface area (Å²) in [7, 11) is 1.69. The number of nitrogens with zero attached hydrogens (tertiary/aromatic N) is 2. The summed E-state index contributed by atoms with van der Waals surface area (Å²) in [4.78, 5) is 8.88. The van der Waals surface area contributed by atoms with Crippen LogP contribution in [0.5, 0.6) is 5.75 Å². The first-order valence-electron chi connectivity index (χ1n) is 8.48. The second-order valence-corrected chi connectivity index (χ2v) is 6.99. The predicted molar refractivity (Wildman–Crippen MR) is 99.4 cm³/mol. The van der Waals surface area contributed by atoms with Gasteiger partial charge in [-0.05, 0) is 30.2 Å². The molecule has 0 aliphatic carbocycles. The minimum Gasteiger partial charge on any atom is -0.493 e. The highest BCUT2D eigenvalue weighted by molar-refractivity contribution is 6.30. The van der Waals surface area contributed by atoms with Crippen molar-refractivity contribution in [2.45, 2.75) is 12.0 Å². The number of benzene rings is 1. The molecule has 0 amide bonds.